The molecule has 0 spiro atoms. The normalized spacial score (nSPS) is 21.0. The van der Waals surface area contributed by atoms with Gasteiger partial charge in [-0.1, -0.05) is 39.0 Å². The van der Waals surface area contributed by atoms with Crippen molar-refractivity contribution in [1.82, 2.24) is 5.43 Å². The molecule has 2 rings (SSSR count). The van der Waals surface area contributed by atoms with Gasteiger partial charge in [0.25, 0.3) is 0 Å². The topological polar surface area (TPSA) is 24.1 Å². The Kier molecular flexibility index (Phi) is 1.81. The molecule has 0 saturated heterocycles. The van der Waals surface area contributed by atoms with Gasteiger partial charge in [0.15, 0.2) is 0 Å². The Morgan fingerprint density at radius 3 is 2.54 bits per heavy atom. The van der Waals surface area contributed by atoms with Crippen LogP contribution in [0.4, 0.5) is 5.69 Å². The van der Waals surface area contributed by atoms with E-state index in [4.69, 9.17) is 0 Å². The summed E-state index contributed by atoms with van der Waals surface area (Å²) in [6.07, 6.45) is 0. The molecule has 0 bridgehead atoms. The molecule has 1 aromatic rings. The highest BCUT2D eigenvalue weighted by atomic mass is 15.4. The monoisotopic (exact) mass is 176 g/mol. The van der Waals surface area contributed by atoms with Crippen molar-refractivity contribution in [3.63, 3.8) is 0 Å². The first-order chi connectivity index (χ1) is 6.09. The molecule has 0 radical (unpaired) electrons. The Labute approximate surface area is 79.3 Å². The summed E-state index contributed by atoms with van der Waals surface area (Å²) in [6, 6.07) is 8.83. The summed E-state index contributed by atoms with van der Waals surface area (Å²) in [5, 5.41) is 0. The molecule has 0 aromatic heterocycles. The lowest BCUT2D eigenvalue weighted by molar-refractivity contribution is 0.297. The highest BCUT2D eigenvalue weighted by molar-refractivity contribution is 5.56. The van der Waals surface area contributed by atoms with Crippen molar-refractivity contribution in [2.24, 2.45) is 5.41 Å². The van der Waals surface area contributed by atoms with E-state index in [-0.39, 0.29) is 5.41 Å². The van der Waals surface area contributed by atoms with Crippen LogP contribution >= 0.6 is 0 Å². The van der Waals surface area contributed by atoms with Crippen molar-refractivity contribution in [1.29, 1.82) is 0 Å². The molecule has 13 heavy (non-hydrogen) atoms. The second-order valence-corrected chi connectivity index (χ2v) is 4.66. The Bertz CT molecular complexity index is 312. The van der Waals surface area contributed by atoms with E-state index < -0.39 is 0 Å². The second-order valence-electron chi connectivity index (χ2n) is 4.66. The zero-order chi connectivity index (χ0) is 9.47. The third-order valence-corrected chi connectivity index (χ3v) is 2.49. The van der Waals surface area contributed by atoms with Crippen LogP contribution in [0.5, 0.6) is 0 Å². The number of hydrazine groups is 1. The maximum absolute atomic E-state index is 3.31. The van der Waals surface area contributed by atoms with Gasteiger partial charge in [-0.2, -0.15) is 0 Å². The Morgan fingerprint density at radius 1 is 1.15 bits per heavy atom. The van der Waals surface area contributed by atoms with Gasteiger partial charge in [0.05, 0.1) is 11.7 Å². The van der Waals surface area contributed by atoms with Crippen LogP contribution in [0.15, 0.2) is 24.3 Å². The SMILES string of the molecule is CC(C)(C)C1NNc2ccccc21. The summed E-state index contributed by atoms with van der Waals surface area (Å²) in [6.45, 7) is 6.73. The first kappa shape index (κ1) is 8.57. The fourth-order valence-corrected chi connectivity index (χ4v) is 1.77. The molecule has 0 saturated carbocycles. The molecule has 1 heterocycles. The summed E-state index contributed by atoms with van der Waals surface area (Å²) < 4.78 is 0. The largest absolute Gasteiger partial charge is 0.321 e. The van der Waals surface area contributed by atoms with Crippen LogP contribution in [-0.4, -0.2) is 0 Å². The fraction of sp³-hybridized carbons (Fsp3) is 0.455. The maximum Gasteiger partial charge on any atom is 0.0579 e. The number of hydrogen-bond donors (Lipinski definition) is 2. The van der Waals surface area contributed by atoms with Gasteiger partial charge >= 0.3 is 0 Å². The average molecular weight is 176 g/mol. The van der Waals surface area contributed by atoms with Crippen LogP contribution in [0, 0.1) is 5.41 Å². The predicted octanol–water partition coefficient (Wildman–Crippen LogP) is 2.70. The summed E-state index contributed by atoms with van der Waals surface area (Å²) in [7, 11) is 0. The zero-order valence-electron chi connectivity index (χ0n) is 8.39. The quantitative estimate of drug-likeness (QED) is 0.635. The van der Waals surface area contributed by atoms with Crippen molar-refractivity contribution in [3.05, 3.63) is 29.8 Å². The van der Waals surface area contributed by atoms with E-state index >= 15 is 0 Å². The van der Waals surface area contributed by atoms with Gasteiger partial charge in [0.2, 0.25) is 0 Å². The van der Waals surface area contributed by atoms with E-state index in [1.54, 1.807) is 0 Å². The Hall–Kier alpha value is -1.02. The second kappa shape index (κ2) is 2.74. The molecule has 1 atom stereocenters. The molecular weight excluding hydrogens is 160 g/mol. The molecule has 0 aliphatic carbocycles. The lowest BCUT2D eigenvalue weighted by atomic mass is 9.83. The van der Waals surface area contributed by atoms with Gasteiger partial charge in [0, 0.05) is 0 Å². The maximum atomic E-state index is 3.31. The van der Waals surface area contributed by atoms with Crippen molar-refractivity contribution >= 4 is 5.69 Å². The highest BCUT2D eigenvalue weighted by Gasteiger charge is 2.31. The number of benzene rings is 1. The van der Waals surface area contributed by atoms with E-state index in [0.717, 1.165) is 0 Å². The van der Waals surface area contributed by atoms with Crippen molar-refractivity contribution in [3.8, 4) is 0 Å². The average Bonchev–Trinajstić information content (AvgIpc) is 2.45. The summed E-state index contributed by atoms with van der Waals surface area (Å²) in [5.74, 6) is 0. The minimum atomic E-state index is 0.250. The molecule has 70 valence electrons. The van der Waals surface area contributed by atoms with Gasteiger partial charge in [-0.15, -0.1) is 0 Å². The van der Waals surface area contributed by atoms with Crippen LogP contribution in [-0.2, 0) is 0 Å². The lowest BCUT2D eigenvalue weighted by Gasteiger charge is -2.26. The van der Waals surface area contributed by atoms with E-state index in [1.807, 2.05) is 0 Å². The van der Waals surface area contributed by atoms with Gasteiger partial charge in [0.1, 0.15) is 0 Å². The van der Waals surface area contributed by atoms with Gasteiger partial charge in [-0.25, -0.2) is 5.43 Å². The minimum Gasteiger partial charge on any atom is -0.321 e. The first-order valence-corrected chi connectivity index (χ1v) is 4.69. The number of fused-ring (bicyclic) bond motifs is 1. The van der Waals surface area contributed by atoms with Gasteiger partial charge in [-0.05, 0) is 17.0 Å². The molecule has 2 N–H and O–H groups in total. The fourth-order valence-electron chi connectivity index (χ4n) is 1.77. The summed E-state index contributed by atoms with van der Waals surface area (Å²) in [4.78, 5) is 0. The third-order valence-electron chi connectivity index (χ3n) is 2.49. The standard InChI is InChI=1S/C11H16N2/c1-11(2,3)10-8-6-4-5-7-9(8)12-13-10/h4-7,10,12-13H,1-3H3. The third kappa shape index (κ3) is 1.42. The number of rotatable bonds is 0. The van der Waals surface area contributed by atoms with E-state index in [1.165, 1.54) is 11.3 Å². The highest BCUT2D eigenvalue weighted by Crippen LogP contribution is 2.39. The molecular formula is C11H16N2. The summed E-state index contributed by atoms with van der Waals surface area (Å²) >= 11 is 0. The van der Waals surface area contributed by atoms with Crippen LogP contribution in [0.3, 0.4) is 0 Å². The summed E-state index contributed by atoms with van der Waals surface area (Å²) in [5.41, 5.74) is 9.35. The lowest BCUT2D eigenvalue weighted by Crippen LogP contribution is -2.29. The van der Waals surface area contributed by atoms with Crippen LogP contribution < -0.4 is 10.9 Å². The molecule has 1 aliphatic rings. The van der Waals surface area contributed by atoms with Crippen LogP contribution in [0.2, 0.25) is 0 Å². The molecule has 2 heteroatoms. The number of para-hydroxylation sites is 1. The minimum absolute atomic E-state index is 0.250. The predicted molar refractivity (Wildman–Crippen MR) is 55.4 cm³/mol. The number of hydrogen-bond acceptors (Lipinski definition) is 2. The smallest absolute Gasteiger partial charge is 0.0579 e. The van der Waals surface area contributed by atoms with E-state index in [9.17, 15) is 0 Å². The van der Waals surface area contributed by atoms with E-state index in [0.29, 0.717) is 6.04 Å². The molecule has 1 unspecified atom stereocenters. The van der Waals surface area contributed by atoms with Gasteiger partial charge in [-0.3, -0.25) is 0 Å². The Balaban J connectivity index is 2.39. The molecule has 0 amide bonds. The van der Waals surface area contributed by atoms with Crippen molar-refractivity contribution < 1.29 is 0 Å². The van der Waals surface area contributed by atoms with Gasteiger partial charge < -0.3 is 5.43 Å². The zero-order valence-corrected chi connectivity index (χ0v) is 8.39. The van der Waals surface area contributed by atoms with Crippen molar-refractivity contribution in [2.45, 2.75) is 26.8 Å². The molecule has 1 aromatic carbocycles. The molecule has 2 nitrogen and oxygen atoms in total. The van der Waals surface area contributed by atoms with Crippen LogP contribution in [0.25, 0.3) is 0 Å². The van der Waals surface area contributed by atoms with Crippen molar-refractivity contribution in [2.75, 3.05) is 5.43 Å². The Morgan fingerprint density at radius 2 is 1.85 bits per heavy atom. The van der Waals surface area contributed by atoms with Crippen LogP contribution in [0.1, 0.15) is 32.4 Å². The number of nitrogens with one attached hydrogen (secondary N) is 2. The number of anilines is 1. The molecule has 0 fully saturated rings. The van der Waals surface area contributed by atoms with E-state index in [2.05, 4.69) is 55.9 Å². The first-order valence-electron chi connectivity index (χ1n) is 4.69. The molecule has 1 aliphatic heterocycles.